The van der Waals surface area contributed by atoms with Crippen molar-refractivity contribution in [2.24, 2.45) is 5.84 Å². The van der Waals surface area contributed by atoms with Gasteiger partial charge in [0.2, 0.25) is 5.91 Å². The number of nitrogens with one attached hydrogen (secondary N) is 2. The Hall–Kier alpha value is -2.61. The smallest absolute Gasteiger partial charge is 0.405 e. The van der Waals surface area contributed by atoms with Crippen LogP contribution in [0.15, 0.2) is 30.3 Å². The van der Waals surface area contributed by atoms with Gasteiger partial charge in [-0.05, 0) is 18.4 Å². The van der Waals surface area contributed by atoms with E-state index in [2.05, 4.69) is 10.7 Å². The third-order valence-electron chi connectivity index (χ3n) is 3.86. The molecule has 8 nitrogen and oxygen atoms in total. The summed E-state index contributed by atoms with van der Waals surface area (Å²) < 4.78 is 0. The number of hydrogen-bond donors (Lipinski definition) is 4. The van der Waals surface area contributed by atoms with E-state index >= 15 is 0 Å². The second-order valence-corrected chi connectivity index (χ2v) is 5.39. The highest BCUT2D eigenvalue weighted by atomic mass is 16.4. The van der Waals surface area contributed by atoms with E-state index in [0.717, 1.165) is 5.56 Å². The molecule has 0 radical (unpaired) electrons. The zero-order valence-corrected chi connectivity index (χ0v) is 12.6. The average Bonchev–Trinajstić information content (AvgIpc) is 3.03. The van der Waals surface area contributed by atoms with Crippen molar-refractivity contribution in [3.05, 3.63) is 35.9 Å². The Morgan fingerprint density at radius 3 is 2.61 bits per heavy atom. The van der Waals surface area contributed by atoms with Gasteiger partial charge in [0.05, 0.1) is 0 Å². The molecule has 1 aliphatic heterocycles. The highest BCUT2D eigenvalue weighted by Gasteiger charge is 2.37. The molecule has 1 heterocycles. The fraction of sp³-hybridized carbons (Fsp3) is 0.400. The normalized spacial score (nSPS) is 18.3. The maximum Gasteiger partial charge on any atom is 0.405 e. The summed E-state index contributed by atoms with van der Waals surface area (Å²) in [6, 6.07) is 7.52. The number of rotatable bonds is 5. The van der Waals surface area contributed by atoms with E-state index in [4.69, 9.17) is 10.9 Å². The average molecular weight is 320 g/mol. The minimum atomic E-state index is -1.28. The summed E-state index contributed by atoms with van der Waals surface area (Å²) in [5, 5.41) is 11.2. The standard InChI is InChI=1S/C15H20N4O4/c16-18-13(20)12-7-4-8-19(12)14(21)11(17-15(22)23)9-10-5-2-1-3-6-10/h1-3,5-6,11-12,17H,4,7-9,16H2,(H,18,20)(H,22,23)/t11?,12-/m0/s1. The summed E-state index contributed by atoms with van der Waals surface area (Å²) in [5.74, 6) is 4.29. The maximum absolute atomic E-state index is 12.7. The predicted molar refractivity (Wildman–Crippen MR) is 82.2 cm³/mol. The van der Waals surface area contributed by atoms with Crippen LogP contribution in [0.25, 0.3) is 0 Å². The van der Waals surface area contributed by atoms with Crippen molar-refractivity contribution in [2.45, 2.75) is 31.3 Å². The summed E-state index contributed by atoms with van der Waals surface area (Å²) >= 11 is 0. The van der Waals surface area contributed by atoms with Gasteiger partial charge >= 0.3 is 6.09 Å². The predicted octanol–water partition coefficient (Wildman–Crippen LogP) is -0.154. The van der Waals surface area contributed by atoms with Gasteiger partial charge in [0, 0.05) is 13.0 Å². The molecule has 8 heteroatoms. The Labute approximate surface area is 133 Å². The van der Waals surface area contributed by atoms with Gasteiger partial charge in [-0.25, -0.2) is 10.6 Å². The molecular formula is C15H20N4O4. The molecule has 1 aromatic carbocycles. The highest BCUT2D eigenvalue weighted by Crippen LogP contribution is 2.19. The van der Waals surface area contributed by atoms with Gasteiger partial charge in [-0.15, -0.1) is 0 Å². The molecule has 2 rings (SSSR count). The number of amides is 3. The van der Waals surface area contributed by atoms with Crippen molar-refractivity contribution in [2.75, 3.05) is 6.54 Å². The number of nitrogens with two attached hydrogens (primary N) is 1. The number of likely N-dealkylation sites (tertiary alicyclic amines) is 1. The van der Waals surface area contributed by atoms with Gasteiger partial charge in [-0.1, -0.05) is 30.3 Å². The Kier molecular flexibility index (Phi) is 5.53. The Morgan fingerprint density at radius 1 is 1.30 bits per heavy atom. The van der Waals surface area contributed by atoms with Crippen molar-refractivity contribution >= 4 is 17.9 Å². The number of carbonyl (C=O) groups excluding carboxylic acids is 2. The van der Waals surface area contributed by atoms with Crippen LogP contribution in [0, 0.1) is 0 Å². The quantitative estimate of drug-likeness (QED) is 0.341. The van der Waals surface area contributed by atoms with Crippen LogP contribution in [-0.4, -0.2) is 46.5 Å². The molecule has 3 amide bonds. The molecule has 1 aromatic rings. The van der Waals surface area contributed by atoms with Crippen molar-refractivity contribution in [1.82, 2.24) is 15.6 Å². The molecule has 1 saturated heterocycles. The van der Waals surface area contributed by atoms with Gasteiger partial charge in [-0.3, -0.25) is 15.0 Å². The lowest BCUT2D eigenvalue weighted by Gasteiger charge is -2.27. The van der Waals surface area contributed by atoms with Crippen LogP contribution in [0.1, 0.15) is 18.4 Å². The fourth-order valence-corrected chi connectivity index (χ4v) is 2.80. The van der Waals surface area contributed by atoms with Crippen LogP contribution >= 0.6 is 0 Å². The monoisotopic (exact) mass is 320 g/mol. The second kappa shape index (κ2) is 7.59. The summed E-state index contributed by atoms with van der Waals surface area (Å²) in [5.41, 5.74) is 2.88. The fourth-order valence-electron chi connectivity index (χ4n) is 2.80. The number of nitrogens with zero attached hydrogens (tertiary/aromatic N) is 1. The molecule has 0 bridgehead atoms. The number of carboxylic acid groups (broad SMARTS) is 1. The minimum absolute atomic E-state index is 0.222. The zero-order valence-electron chi connectivity index (χ0n) is 12.6. The number of carbonyl (C=O) groups is 3. The molecule has 124 valence electrons. The second-order valence-electron chi connectivity index (χ2n) is 5.39. The summed E-state index contributed by atoms with van der Waals surface area (Å²) in [6.07, 6.45) is 0.132. The van der Waals surface area contributed by atoms with Crippen molar-refractivity contribution in [3.8, 4) is 0 Å². The maximum atomic E-state index is 12.7. The first kappa shape index (κ1) is 16.8. The molecule has 0 aliphatic carbocycles. The topological polar surface area (TPSA) is 125 Å². The summed E-state index contributed by atoms with van der Waals surface area (Å²) in [4.78, 5) is 36.9. The van der Waals surface area contributed by atoms with Crippen LogP contribution in [0.4, 0.5) is 4.79 Å². The Bertz CT molecular complexity index is 578. The van der Waals surface area contributed by atoms with Gasteiger partial charge in [0.25, 0.3) is 5.91 Å². The molecule has 2 atom stereocenters. The number of benzene rings is 1. The van der Waals surface area contributed by atoms with Crippen LogP contribution in [0.3, 0.4) is 0 Å². The Balaban J connectivity index is 2.15. The van der Waals surface area contributed by atoms with Gasteiger partial charge in [0.1, 0.15) is 12.1 Å². The van der Waals surface area contributed by atoms with Gasteiger partial charge in [0.15, 0.2) is 0 Å². The molecule has 0 aromatic heterocycles. The Morgan fingerprint density at radius 2 is 2.00 bits per heavy atom. The summed E-state index contributed by atoms with van der Waals surface area (Å²) in [7, 11) is 0. The van der Waals surface area contributed by atoms with Gasteiger partial charge in [-0.2, -0.15) is 0 Å². The third kappa shape index (κ3) is 4.19. The lowest BCUT2D eigenvalue weighted by Crippen LogP contribution is -2.54. The van der Waals surface area contributed by atoms with E-state index in [-0.39, 0.29) is 6.42 Å². The van der Waals surface area contributed by atoms with E-state index < -0.39 is 30.0 Å². The lowest BCUT2D eigenvalue weighted by atomic mass is 10.0. The molecule has 5 N–H and O–H groups in total. The first-order chi connectivity index (χ1) is 11.0. The minimum Gasteiger partial charge on any atom is -0.465 e. The summed E-state index contributed by atoms with van der Waals surface area (Å²) in [6.45, 7) is 0.406. The molecule has 0 spiro atoms. The lowest BCUT2D eigenvalue weighted by molar-refractivity contribution is -0.139. The van der Waals surface area contributed by atoms with E-state index in [9.17, 15) is 14.4 Å². The molecule has 23 heavy (non-hydrogen) atoms. The van der Waals surface area contributed by atoms with E-state index in [1.54, 1.807) is 0 Å². The molecule has 0 saturated carbocycles. The molecule has 1 aliphatic rings. The van der Waals surface area contributed by atoms with Crippen molar-refractivity contribution in [3.63, 3.8) is 0 Å². The van der Waals surface area contributed by atoms with Crippen LogP contribution in [0.5, 0.6) is 0 Å². The largest absolute Gasteiger partial charge is 0.465 e. The SMILES string of the molecule is NNC(=O)[C@@H]1CCCN1C(=O)C(Cc1ccccc1)NC(=O)O. The van der Waals surface area contributed by atoms with Crippen LogP contribution < -0.4 is 16.6 Å². The van der Waals surface area contributed by atoms with E-state index in [1.807, 2.05) is 30.3 Å². The molecule has 1 unspecified atom stereocenters. The first-order valence-electron chi connectivity index (χ1n) is 7.37. The van der Waals surface area contributed by atoms with E-state index in [1.165, 1.54) is 4.90 Å². The van der Waals surface area contributed by atoms with Gasteiger partial charge < -0.3 is 15.3 Å². The zero-order chi connectivity index (χ0) is 16.8. The van der Waals surface area contributed by atoms with Crippen LogP contribution in [0.2, 0.25) is 0 Å². The van der Waals surface area contributed by atoms with Crippen LogP contribution in [-0.2, 0) is 16.0 Å². The van der Waals surface area contributed by atoms with E-state index in [0.29, 0.717) is 19.4 Å². The number of hydrogen-bond acceptors (Lipinski definition) is 4. The number of hydrazine groups is 1. The van der Waals surface area contributed by atoms with Crippen molar-refractivity contribution in [1.29, 1.82) is 0 Å². The highest BCUT2D eigenvalue weighted by molar-refractivity contribution is 5.91. The first-order valence-corrected chi connectivity index (χ1v) is 7.37. The molecule has 1 fully saturated rings. The van der Waals surface area contributed by atoms with Crippen molar-refractivity contribution < 1.29 is 19.5 Å². The molecular weight excluding hydrogens is 300 g/mol. The third-order valence-corrected chi connectivity index (χ3v) is 3.86.